The zero-order chi connectivity index (χ0) is 13.0. The van der Waals surface area contributed by atoms with E-state index >= 15 is 0 Å². The summed E-state index contributed by atoms with van der Waals surface area (Å²) in [7, 11) is 0. The van der Waals surface area contributed by atoms with Crippen LogP contribution in [0, 0.1) is 5.41 Å². The molecule has 110 valence electrons. The van der Waals surface area contributed by atoms with Crippen LogP contribution in [0.1, 0.15) is 25.7 Å². The third-order valence-corrected chi connectivity index (χ3v) is 5.42. The van der Waals surface area contributed by atoms with E-state index in [1.165, 1.54) is 65.0 Å². The van der Waals surface area contributed by atoms with Gasteiger partial charge < -0.3 is 15.0 Å². The number of likely N-dealkylation sites (tertiary alicyclic amines) is 1. The molecule has 0 atom stereocenters. The summed E-state index contributed by atoms with van der Waals surface area (Å²) in [5.74, 6) is 0. The van der Waals surface area contributed by atoms with Crippen molar-refractivity contribution in [2.24, 2.45) is 5.41 Å². The molecule has 3 saturated heterocycles. The standard InChI is InChI=1S/C15H29N3O/c1-5-16-6-2-15(1)3-7-17(8-4-15)9-10-18-11-13-19-14-12-18/h16H,1-14H2. The van der Waals surface area contributed by atoms with Gasteiger partial charge in [0, 0.05) is 26.2 Å². The number of nitrogens with zero attached hydrogens (tertiary/aromatic N) is 2. The van der Waals surface area contributed by atoms with Crippen LogP contribution in [-0.4, -0.2) is 75.4 Å². The number of hydrogen-bond acceptors (Lipinski definition) is 4. The fraction of sp³-hybridized carbons (Fsp3) is 1.00. The van der Waals surface area contributed by atoms with Gasteiger partial charge in [0.1, 0.15) is 0 Å². The predicted octanol–water partition coefficient (Wildman–Crippen LogP) is 0.784. The Bertz CT molecular complexity index is 260. The van der Waals surface area contributed by atoms with Gasteiger partial charge in [-0.25, -0.2) is 0 Å². The Morgan fingerprint density at radius 1 is 0.789 bits per heavy atom. The van der Waals surface area contributed by atoms with Gasteiger partial charge in [-0.2, -0.15) is 0 Å². The maximum atomic E-state index is 5.41. The molecule has 0 aromatic heterocycles. The summed E-state index contributed by atoms with van der Waals surface area (Å²) in [6.07, 6.45) is 5.67. The first-order chi connectivity index (χ1) is 9.36. The van der Waals surface area contributed by atoms with Crippen molar-refractivity contribution in [2.45, 2.75) is 25.7 Å². The summed E-state index contributed by atoms with van der Waals surface area (Å²) in [4.78, 5) is 5.24. The number of ether oxygens (including phenoxy) is 1. The summed E-state index contributed by atoms with van der Waals surface area (Å²) >= 11 is 0. The summed E-state index contributed by atoms with van der Waals surface area (Å²) < 4.78 is 5.41. The first-order valence-electron chi connectivity index (χ1n) is 8.10. The molecule has 0 amide bonds. The number of hydrogen-bond donors (Lipinski definition) is 1. The molecule has 19 heavy (non-hydrogen) atoms. The van der Waals surface area contributed by atoms with Crippen molar-refractivity contribution in [1.82, 2.24) is 15.1 Å². The Morgan fingerprint density at radius 2 is 1.37 bits per heavy atom. The second kappa shape index (κ2) is 6.53. The summed E-state index contributed by atoms with van der Waals surface area (Å²) in [6.45, 7) is 11.7. The molecular weight excluding hydrogens is 238 g/mol. The highest BCUT2D eigenvalue weighted by atomic mass is 16.5. The van der Waals surface area contributed by atoms with Gasteiger partial charge in [0.15, 0.2) is 0 Å². The molecule has 1 N–H and O–H groups in total. The van der Waals surface area contributed by atoms with Crippen molar-refractivity contribution < 1.29 is 4.74 Å². The number of morpholine rings is 1. The Morgan fingerprint density at radius 3 is 2.00 bits per heavy atom. The molecule has 3 fully saturated rings. The van der Waals surface area contributed by atoms with E-state index < -0.39 is 0 Å². The minimum absolute atomic E-state index is 0.695. The van der Waals surface area contributed by atoms with Gasteiger partial charge >= 0.3 is 0 Å². The van der Waals surface area contributed by atoms with Crippen molar-refractivity contribution in [2.75, 3.05) is 65.6 Å². The van der Waals surface area contributed by atoms with Crippen molar-refractivity contribution in [1.29, 1.82) is 0 Å². The molecule has 4 heteroatoms. The first kappa shape index (κ1) is 13.8. The largest absolute Gasteiger partial charge is 0.379 e. The molecule has 3 aliphatic rings. The number of piperidine rings is 2. The normalized spacial score (nSPS) is 29.7. The van der Waals surface area contributed by atoms with Gasteiger partial charge in [-0.1, -0.05) is 0 Å². The van der Waals surface area contributed by atoms with Crippen LogP contribution in [0.5, 0.6) is 0 Å². The zero-order valence-electron chi connectivity index (χ0n) is 12.2. The van der Waals surface area contributed by atoms with Gasteiger partial charge in [0.05, 0.1) is 13.2 Å². The molecule has 3 aliphatic heterocycles. The molecule has 1 spiro atoms. The second-order valence-corrected chi connectivity index (χ2v) is 6.55. The van der Waals surface area contributed by atoms with Crippen molar-refractivity contribution in [3.8, 4) is 0 Å². The van der Waals surface area contributed by atoms with E-state index in [2.05, 4.69) is 15.1 Å². The lowest BCUT2D eigenvalue weighted by molar-refractivity contribution is 0.0250. The third kappa shape index (κ3) is 3.69. The highest BCUT2D eigenvalue weighted by Gasteiger charge is 2.35. The first-order valence-corrected chi connectivity index (χ1v) is 8.10. The lowest BCUT2D eigenvalue weighted by Gasteiger charge is -2.44. The molecule has 0 radical (unpaired) electrons. The van der Waals surface area contributed by atoms with E-state index in [-0.39, 0.29) is 0 Å². The Kier molecular flexibility index (Phi) is 4.74. The fourth-order valence-corrected chi connectivity index (χ4v) is 3.82. The molecule has 0 aromatic carbocycles. The topological polar surface area (TPSA) is 27.7 Å². The minimum Gasteiger partial charge on any atom is -0.379 e. The van der Waals surface area contributed by atoms with E-state index in [0.29, 0.717) is 5.41 Å². The van der Waals surface area contributed by atoms with Crippen LogP contribution < -0.4 is 5.32 Å². The van der Waals surface area contributed by atoms with Gasteiger partial charge in [0.2, 0.25) is 0 Å². The van der Waals surface area contributed by atoms with Crippen LogP contribution in [0.3, 0.4) is 0 Å². The van der Waals surface area contributed by atoms with Crippen molar-refractivity contribution >= 4 is 0 Å². The van der Waals surface area contributed by atoms with Gasteiger partial charge in [0.25, 0.3) is 0 Å². The Hall–Kier alpha value is -0.160. The lowest BCUT2D eigenvalue weighted by Crippen LogP contribution is -2.48. The molecule has 3 rings (SSSR count). The van der Waals surface area contributed by atoms with Crippen LogP contribution >= 0.6 is 0 Å². The molecule has 0 aliphatic carbocycles. The van der Waals surface area contributed by atoms with Crippen molar-refractivity contribution in [3.63, 3.8) is 0 Å². The zero-order valence-corrected chi connectivity index (χ0v) is 12.2. The molecular formula is C15H29N3O. The van der Waals surface area contributed by atoms with E-state index in [1.807, 2.05) is 0 Å². The van der Waals surface area contributed by atoms with Gasteiger partial charge in [-0.15, -0.1) is 0 Å². The highest BCUT2D eigenvalue weighted by Crippen LogP contribution is 2.39. The van der Waals surface area contributed by atoms with E-state index in [9.17, 15) is 0 Å². The quantitative estimate of drug-likeness (QED) is 0.818. The monoisotopic (exact) mass is 267 g/mol. The molecule has 0 unspecified atom stereocenters. The third-order valence-electron chi connectivity index (χ3n) is 5.42. The summed E-state index contributed by atoms with van der Waals surface area (Å²) in [6, 6.07) is 0. The Balaban J connectivity index is 1.37. The van der Waals surface area contributed by atoms with Gasteiger partial charge in [-0.05, 0) is 57.3 Å². The summed E-state index contributed by atoms with van der Waals surface area (Å²) in [5, 5.41) is 3.50. The van der Waals surface area contributed by atoms with E-state index in [4.69, 9.17) is 4.74 Å². The Labute approximate surface area is 117 Å². The maximum absolute atomic E-state index is 5.41. The van der Waals surface area contributed by atoms with Crippen molar-refractivity contribution in [3.05, 3.63) is 0 Å². The maximum Gasteiger partial charge on any atom is 0.0594 e. The molecule has 0 aromatic rings. The van der Waals surface area contributed by atoms with Crippen LogP contribution in [0.2, 0.25) is 0 Å². The van der Waals surface area contributed by atoms with Crippen LogP contribution in [-0.2, 0) is 4.74 Å². The average Bonchev–Trinajstić information content (AvgIpc) is 2.49. The van der Waals surface area contributed by atoms with Crippen LogP contribution in [0.15, 0.2) is 0 Å². The van der Waals surface area contributed by atoms with Gasteiger partial charge in [-0.3, -0.25) is 4.90 Å². The second-order valence-electron chi connectivity index (χ2n) is 6.55. The molecule has 3 heterocycles. The number of rotatable bonds is 3. The average molecular weight is 267 g/mol. The number of nitrogens with one attached hydrogen (secondary N) is 1. The summed E-state index contributed by atoms with van der Waals surface area (Å²) in [5.41, 5.74) is 0.695. The van der Waals surface area contributed by atoms with E-state index in [0.717, 1.165) is 26.3 Å². The SMILES string of the molecule is C1CC2(CCN1)CCN(CCN1CCOCC1)CC2. The molecule has 0 saturated carbocycles. The molecule has 4 nitrogen and oxygen atoms in total. The fourth-order valence-electron chi connectivity index (χ4n) is 3.82. The lowest BCUT2D eigenvalue weighted by atomic mass is 9.71. The van der Waals surface area contributed by atoms with Crippen LogP contribution in [0.4, 0.5) is 0 Å². The van der Waals surface area contributed by atoms with Crippen LogP contribution in [0.25, 0.3) is 0 Å². The molecule has 0 bridgehead atoms. The highest BCUT2D eigenvalue weighted by molar-refractivity contribution is 4.89. The van der Waals surface area contributed by atoms with E-state index in [1.54, 1.807) is 0 Å². The smallest absolute Gasteiger partial charge is 0.0594 e. The minimum atomic E-state index is 0.695. The predicted molar refractivity (Wildman–Crippen MR) is 77.5 cm³/mol.